The van der Waals surface area contributed by atoms with Crippen LogP contribution in [0.15, 0.2) is 23.3 Å². The summed E-state index contributed by atoms with van der Waals surface area (Å²) in [6.07, 6.45) is 2.86. The van der Waals surface area contributed by atoms with Crippen molar-refractivity contribution in [3.63, 3.8) is 0 Å². The molecule has 0 unspecified atom stereocenters. The number of hydrogen-bond donors (Lipinski definition) is 2. The first-order valence-corrected chi connectivity index (χ1v) is 9.71. The van der Waals surface area contributed by atoms with Crippen molar-refractivity contribution in [3.8, 4) is 0 Å². The number of hydrogen-bond acceptors (Lipinski definition) is 5. The van der Waals surface area contributed by atoms with Crippen molar-refractivity contribution in [1.82, 2.24) is 20.5 Å². The molecule has 0 amide bonds. The van der Waals surface area contributed by atoms with Gasteiger partial charge < -0.3 is 25.2 Å². The van der Waals surface area contributed by atoms with Crippen LogP contribution in [0.3, 0.4) is 0 Å². The van der Waals surface area contributed by atoms with Gasteiger partial charge in [0, 0.05) is 58.7 Å². The van der Waals surface area contributed by atoms with Crippen LogP contribution in [0.2, 0.25) is 0 Å². The summed E-state index contributed by atoms with van der Waals surface area (Å²) in [5.74, 6) is 1.91. The normalized spacial score (nSPS) is 16.0. The van der Waals surface area contributed by atoms with Gasteiger partial charge in [0.2, 0.25) is 0 Å². The average Bonchev–Trinajstić information content (AvgIpc) is 2.66. The molecule has 0 saturated carbocycles. The fourth-order valence-electron chi connectivity index (χ4n) is 2.80. The maximum Gasteiger partial charge on any atom is 0.191 e. The minimum absolute atomic E-state index is 0.643. The number of rotatable bonds is 9. The second-order valence-electron chi connectivity index (χ2n) is 6.49. The third-order valence-corrected chi connectivity index (χ3v) is 4.36. The molecule has 146 valence electrons. The molecule has 26 heavy (non-hydrogen) atoms. The zero-order valence-corrected chi connectivity index (χ0v) is 16.5. The summed E-state index contributed by atoms with van der Waals surface area (Å²) in [6.45, 7) is 12.2. The Morgan fingerprint density at radius 3 is 2.77 bits per heavy atom. The molecule has 0 radical (unpaired) electrons. The third kappa shape index (κ3) is 7.17. The van der Waals surface area contributed by atoms with Crippen molar-refractivity contribution >= 4 is 11.8 Å². The van der Waals surface area contributed by atoms with Crippen LogP contribution >= 0.6 is 0 Å². The number of piperazine rings is 1. The van der Waals surface area contributed by atoms with Crippen LogP contribution in [0.25, 0.3) is 0 Å². The minimum Gasteiger partial charge on any atom is -0.382 e. The molecule has 0 spiro atoms. The summed E-state index contributed by atoms with van der Waals surface area (Å²) in [5.41, 5.74) is 1.18. The number of ether oxygens (including phenoxy) is 1. The van der Waals surface area contributed by atoms with Crippen LogP contribution < -0.4 is 15.5 Å². The van der Waals surface area contributed by atoms with Gasteiger partial charge in [0.15, 0.2) is 5.96 Å². The zero-order chi connectivity index (χ0) is 18.6. The second kappa shape index (κ2) is 11.7. The molecule has 7 heteroatoms. The molecule has 0 aliphatic carbocycles. The Hall–Kier alpha value is -1.86. The summed E-state index contributed by atoms with van der Waals surface area (Å²) in [4.78, 5) is 13.9. The van der Waals surface area contributed by atoms with Gasteiger partial charge in [-0.1, -0.05) is 0 Å². The molecule has 2 heterocycles. The van der Waals surface area contributed by atoms with Gasteiger partial charge in [-0.05, 0) is 45.0 Å². The van der Waals surface area contributed by atoms with E-state index in [0.717, 1.165) is 70.7 Å². The number of guanidine groups is 1. The summed E-state index contributed by atoms with van der Waals surface area (Å²) in [5, 5.41) is 6.65. The van der Waals surface area contributed by atoms with Gasteiger partial charge in [-0.3, -0.25) is 0 Å². The highest BCUT2D eigenvalue weighted by Gasteiger charge is 2.15. The zero-order valence-electron chi connectivity index (χ0n) is 16.5. The number of pyridine rings is 1. The lowest BCUT2D eigenvalue weighted by Gasteiger charge is -2.33. The van der Waals surface area contributed by atoms with Crippen molar-refractivity contribution in [2.45, 2.75) is 26.8 Å². The Labute approximate surface area is 157 Å². The van der Waals surface area contributed by atoms with Crippen molar-refractivity contribution in [2.75, 3.05) is 64.4 Å². The highest BCUT2D eigenvalue weighted by molar-refractivity contribution is 5.79. The van der Waals surface area contributed by atoms with Gasteiger partial charge >= 0.3 is 0 Å². The van der Waals surface area contributed by atoms with E-state index in [4.69, 9.17) is 9.73 Å². The predicted molar refractivity (Wildman–Crippen MR) is 108 cm³/mol. The Balaban J connectivity index is 1.88. The van der Waals surface area contributed by atoms with Crippen molar-refractivity contribution in [1.29, 1.82) is 0 Å². The van der Waals surface area contributed by atoms with E-state index in [9.17, 15) is 0 Å². The van der Waals surface area contributed by atoms with E-state index in [-0.39, 0.29) is 0 Å². The van der Waals surface area contributed by atoms with Crippen LogP contribution in [0, 0.1) is 0 Å². The monoisotopic (exact) mass is 362 g/mol. The lowest BCUT2D eigenvalue weighted by molar-refractivity contribution is 0.145. The molecule has 0 aromatic carbocycles. The van der Waals surface area contributed by atoms with Crippen molar-refractivity contribution in [2.24, 2.45) is 4.99 Å². The molecule has 7 nitrogen and oxygen atoms in total. The molecular weight excluding hydrogens is 328 g/mol. The largest absolute Gasteiger partial charge is 0.382 e. The van der Waals surface area contributed by atoms with E-state index in [1.807, 2.05) is 19.2 Å². The predicted octanol–water partition coefficient (Wildman–Crippen LogP) is 1.32. The summed E-state index contributed by atoms with van der Waals surface area (Å²) >= 11 is 0. The number of nitrogens with one attached hydrogen (secondary N) is 2. The molecule has 0 bridgehead atoms. The minimum atomic E-state index is 0.643. The smallest absolute Gasteiger partial charge is 0.191 e. The van der Waals surface area contributed by atoms with Gasteiger partial charge in [-0.25, -0.2) is 9.98 Å². The van der Waals surface area contributed by atoms with E-state index in [1.54, 1.807) is 0 Å². The number of anilines is 1. The Morgan fingerprint density at radius 1 is 1.23 bits per heavy atom. The average molecular weight is 363 g/mol. The number of aliphatic imine (C=N–C) groups is 1. The van der Waals surface area contributed by atoms with Crippen LogP contribution in [0.1, 0.15) is 25.8 Å². The number of aromatic nitrogens is 1. The first-order valence-electron chi connectivity index (χ1n) is 9.71. The molecule has 2 N–H and O–H groups in total. The van der Waals surface area contributed by atoms with E-state index in [2.05, 4.69) is 45.5 Å². The highest BCUT2D eigenvalue weighted by Crippen LogP contribution is 2.15. The molecule has 1 aromatic rings. The van der Waals surface area contributed by atoms with Gasteiger partial charge in [-0.2, -0.15) is 0 Å². The molecule has 1 saturated heterocycles. The quantitative estimate of drug-likeness (QED) is 0.392. The number of likely N-dealkylation sites (N-methyl/N-ethyl adjacent to an activating group) is 1. The van der Waals surface area contributed by atoms with Gasteiger partial charge in [0.1, 0.15) is 5.82 Å². The third-order valence-electron chi connectivity index (χ3n) is 4.36. The molecule has 1 aliphatic heterocycles. The van der Waals surface area contributed by atoms with Gasteiger partial charge in [-0.15, -0.1) is 0 Å². The maximum absolute atomic E-state index is 5.37. The van der Waals surface area contributed by atoms with Gasteiger partial charge in [0.25, 0.3) is 0 Å². The summed E-state index contributed by atoms with van der Waals surface area (Å²) < 4.78 is 5.37. The molecule has 1 aromatic heterocycles. The van der Waals surface area contributed by atoms with E-state index < -0.39 is 0 Å². The van der Waals surface area contributed by atoms with Crippen molar-refractivity contribution in [3.05, 3.63) is 23.9 Å². The van der Waals surface area contributed by atoms with E-state index in [1.165, 1.54) is 5.56 Å². The van der Waals surface area contributed by atoms with E-state index >= 15 is 0 Å². The Kier molecular flexibility index (Phi) is 9.20. The SMILES string of the molecule is CCNC(=NCc1ccnc(N2CCN(C)CC2)c1)NCCCOCC. The molecule has 1 aliphatic rings. The Morgan fingerprint density at radius 2 is 2.04 bits per heavy atom. The van der Waals surface area contributed by atoms with Crippen LogP contribution in [-0.2, 0) is 11.3 Å². The first-order chi connectivity index (χ1) is 12.7. The summed E-state index contributed by atoms with van der Waals surface area (Å²) in [6, 6.07) is 4.20. The van der Waals surface area contributed by atoms with Gasteiger partial charge in [0.05, 0.1) is 6.54 Å². The maximum atomic E-state index is 5.37. The van der Waals surface area contributed by atoms with Crippen LogP contribution in [-0.4, -0.2) is 75.4 Å². The fourth-order valence-corrected chi connectivity index (χ4v) is 2.80. The lowest BCUT2D eigenvalue weighted by atomic mass is 10.2. The molecule has 1 fully saturated rings. The second-order valence-corrected chi connectivity index (χ2v) is 6.49. The standard InChI is InChI=1S/C19H34N6O/c1-4-20-19(22-8-6-14-26-5-2)23-16-17-7-9-21-18(15-17)25-12-10-24(3)11-13-25/h7,9,15H,4-6,8,10-14,16H2,1-3H3,(H2,20,22,23). The first kappa shape index (κ1) is 20.5. The molecule has 2 rings (SSSR count). The van der Waals surface area contributed by atoms with Crippen molar-refractivity contribution < 1.29 is 4.74 Å². The topological polar surface area (TPSA) is 65.0 Å². The molecular formula is C19H34N6O. The fraction of sp³-hybridized carbons (Fsp3) is 0.684. The van der Waals surface area contributed by atoms with E-state index in [0.29, 0.717) is 6.54 Å². The highest BCUT2D eigenvalue weighted by atomic mass is 16.5. The van der Waals surface area contributed by atoms with Crippen LogP contribution in [0.4, 0.5) is 5.82 Å². The number of nitrogens with zero attached hydrogens (tertiary/aromatic N) is 4. The Bertz CT molecular complexity index is 543. The summed E-state index contributed by atoms with van der Waals surface area (Å²) in [7, 11) is 2.17. The van der Waals surface area contributed by atoms with Crippen LogP contribution in [0.5, 0.6) is 0 Å². The molecule has 0 atom stereocenters. The lowest BCUT2D eigenvalue weighted by Crippen LogP contribution is -2.44.